The van der Waals surface area contributed by atoms with Gasteiger partial charge in [0, 0.05) is 12.8 Å². The number of allylic oxidation sites excluding steroid dienone is 13. The Kier molecular flexibility index (Phi) is 50.6. The molecule has 1 amide bonds. The largest absolute Gasteiger partial charge is 0.472 e. The smallest absolute Gasteiger partial charge is 0.456 e. The molecule has 0 aliphatic rings. The van der Waals surface area contributed by atoms with Crippen LogP contribution in [-0.2, 0) is 27.9 Å². The van der Waals surface area contributed by atoms with Crippen LogP contribution in [-0.4, -0.2) is 74.3 Å². The third-order valence-corrected chi connectivity index (χ3v) is 13.8. The number of phosphoric ester groups is 1. The van der Waals surface area contributed by atoms with Crippen LogP contribution in [0.25, 0.3) is 0 Å². The number of carbonyl (C=O) groups excluding carboxylic acids is 2. The van der Waals surface area contributed by atoms with E-state index in [1.807, 2.05) is 33.3 Å². The van der Waals surface area contributed by atoms with Crippen LogP contribution < -0.4 is 5.32 Å². The first kappa shape index (κ1) is 70.2. The van der Waals surface area contributed by atoms with E-state index in [1.165, 1.54) is 96.3 Å². The van der Waals surface area contributed by atoms with Crippen LogP contribution >= 0.6 is 7.82 Å². The van der Waals surface area contributed by atoms with Crippen molar-refractivity contribution in [3.63, 3.8) is 0 Å². The Bertz CT molecular complexity index is 1530. The van der Waals surface area contributed by atoms with Crippen molar-refractivity contribution in [2.45, 2.75) is 264 Å². The summed E-state index contributed by atoms with van der Waals surface area (Å²) in [5, 5.41) is 3.03. The fourth-order valence-electron chi connectivity index (χ4n) is 8.20. The van der Waals surface area contributed by atoms with Crippen LogP contribution in [0.1, 0.15) is 252 Å². The molecule has 9 nitrogen and oxygen atoms in total. The van der Waals surface area contributed by atoms with Gasteiger partial charge in [-0.2, -0.15) is 0 Å². The van der Waals surface area contributed by atoms with E-state index < -0.39 is 20.0 Å². The molecule has 0 rings (SSSR count). The number of unbranched alkanes of at least 4 members (excludes halogenated alkanes) is 25. The van der Waals surface area contributed by atoms with Gasteiger partial charge in [-0.05, 0) is 102 Å². The topological polar surface area (TPSA) is 111 Å². The third-order valence-electron chi connectivity index (χ3n) is 12.8. The normalized spacial score (nSPS) is 14.3. The quantitative estimate of drug-likeness (QED) is 0.0205. The lowest BCUT2D eigenvalue weighted by molar-refractivity contribution is -0.870. The highest BCUT2D eigenvalue weighted by atomic mass is 31.2. The van der Waals surface area contributed by atoms with Crippen molar-refractivity contribution in [1.82, 2.24) is 5.32 Å². The fourth-order valence-corrected chi connectivity index (χ4v) is 8.93. The maximum absolute atomic E-state index is 13.5. The zero-order chi connectivity index (χ0) is 53.6. The molecular weight excluding hydrogens is 928 g/mol. The number of amides is 1. The van der Waals surface area contributed by atoms with Gasteiger partial charge in [0.25, 0.3) is 0 Å². The second-order valence-corrected chi connectivity index (χ2v) is 22.6. The first-order valence-electron chi connectivity index (χ1n) is 29.9. The van der Waals surface area contributed by atoms with Gasteiger partial charge >= 0.3 is 13.8 Å². The Hall–Kier alpha value is -2.81. The maximum atomic E-state index is 13.5. The number of hydrogen-bond donors (Lipinski definition) is 2. The van der Waals surface area contributed by atoms with Gasteiger partial charge in [-0.1, -0.05) is 222 Å². The lowest BCUT2D eigenvalue weighted by atomic mass is 10.0. The summed E-state index contributed by atoms with van der Waals surface area (Å²) in [5.41, 5.74) is 0. The summed E-state index contributed by atoms with van der Waals surface area (Å²) in [5.74, 6) is -0.548. The molecule has 2 N–H and O–H groups in total. The molecule has 0 saturated carbocycles. The molecular formula is C63H114N2O7P+. The van der Waals surface area contributed by atoms with Crippen molar-refractivity contribution in [2.24, 2.45) is 0 Å². The van der Waals surface area contributed by atoms with Crippen molar-refractivity contribution in [3.8, 4) is 0 Å². The molecule has 0 aromatic rings. The zero-order valence-electron chi connectivity index (χ0n) is 48.1. The number of ether oxygens (including phenoxy) is 1. The number of hydrogen-bond acceptors (Lipinski definition) is 6. The number of quaternary nitrogens is 1. The molecule has 0 aliphatic heterocycles. The molecule has 0 heterocycles. The maximum Gasteiger partial charge on any atom is 0.472 e. The minimum absolute atomic E-state index is 0.0309. The Morgan fingerprint density at radius 2 is 0.877 bits per heavy atom. The van der Waals surface area contributed by atoms with Gasteiger partial charge < -0.3 is 19.4 Å². The number of carbonyl (C=O) groups is 2. The predicted molar refractivity (Wildman–Crippen MR) is 314 cm³/mol. The van der Waals surface area contributed by atoms with Crippen molar-refractivity contribution in [1.29, 1.82) is 0 Å². The van der Waals surface area contributed by atoms with Crippen LogP contribution in [0.15, 0.2) is 85.1 Å². The summed E-state index contributed by atoms with van der Waals surface area (Å²) in [7, 11) is 1.47. The van der Waals surface area contributed by atoms with Crippen molar-refractivity contribution >= 4 is 19.7 Å². The summed E-state index contributed by atoms with van der Waals surface area (Å²) in [4.78, 5) is 37.6. The SMILES string of the molecule is CC/C=C\C/C=C\C/C=C\C/C=C\C/C=C\CCCCCCCC(=O)OC(/C=C\CCCCCCCCCCCC)C(COP(=O)(O)OCC[N+](C)(C)C)NC(=O)CCCCC/C=C\CCCCCCCCC. The van der Waals surface area contributed by atoms with Crippen LogP contribution in [0.4, 0.5) is 0 Å². The fraction of sp³-hybridized carbons (Fsp3) is 0.746. The summed E-state index contributed by atoms with van der Waals surface area (Å²) >= 11 is 0. The highest BCUT2D eigenvalue weighted by molar-refractivity contribution is 7.47. The molecule has 3 unspecified atom stereocenters. The molecule has 73 heavy (non-hydrogen) atoms. The summed E-state index contributed by atoms with van der Waals surface area (Å²) < 4.78 is 30.6. The first-order chi connectivity index (χ1) is 35.4. The highest BCUT2D eigenvalue weighted by Crippen LogP contribution is 2.43. The number of likely N-dealkylation sites (N-methyl/N-ethyl adjacent to an activating group) is 1. The average Bonchev–Trinajstić information content (AvgIpc) is 3.35. The summed E-state index contributed by atoms with van der Waals surface area (Å²) in [6.45, 7) is 6.86. The highest BCUT2D eigenvalue weighted by Gasteiger charge is 2.30. The molecule has 0 spiro atoms. The van der Waals surface area contributed by atoms with E-state index in [4.69, 9.17) is 13.8 Å². The van der Waals surface area contributed by atoms with Gasteiger partial charge in [0.05, 0.1) is 33.8 Å². The van der Waals surface area contributed by atoms with Crippen molar-refractivity contribution in [2.75, 3.05) is 40.9 Å². The number of rotatable bonds is 53. The minimum Gasteiger partial charge on any atom is -0.456 e. The predicted octanol–water partition coefficient (Wildman–Crippen LogP) is 18.2. The summed E-state index contributed by atoms with van der Waals surface area (Å²) in [6.07, 6.45) is 68.6. The van der Waals surface area contributed by atoms with Crippen molar-refractivity contribution < 1.29 is 37.3 Å². The van der Waals surface area contributed by atoms with Gasteiger partial charge in [-0.15, -0.1) is 0 Å². The minimum atomic E-state index is -4.46. The number of nitrogens with one attached hydrogen (secondary N) is 1. The van der Waals surface area contributed by atoms with Gasteiger partial charge in [0.2, 0.25) is 5.91 Å². The molecule has 0 aliphatic carbocycles. The second kappa shape index (κ2) is 52.6. The van der Waals surface area contributed by atoms with Gasteiger partial charge in [-0.25, -0.2) is 4.57 Å². The van der Waals surface area contributed by atoms with Gasteiger partial charge in [0.1, 0.15) is 19.3 Å². The van der Waals surface area contributed by atoms with Gasteiger partial charge in [-0.3, -0.25) is 18.6 Å². The zero-order valence-corrected chi connectivity index (χ0v) is 49.0. The molecule has 0 saturated heterocycles. The lowest BCUT2D eigenvalue weighted by Crippen LogP contribution is -2.47. The summed E-state index contributed by atoms with van der Waals surface area (Å²) in [6, 6.07) is -0.867. The van der Waals surface area contributed by atoms with Crippen LogP contribution in [0.2, 0.25) is 0 Å². The Labute approximate surface area is 450 Å². The molecule has 3 atom stereocenters. The standard InChI is InChI=1S/C63H113N2O7P/c1-7-10-13-16-19-22-25-28-30-31-32-33-34-35-36-38-41-44-47-50-53-56-63(67)72-61(54-51-48-45-42-39-27-24-21-18-15-12-9-3)60(59-71-73(68,69)70-58-57-65(4,5)6)64-62(66)55-52-49-46-43-40-37-29-26-23-20-17-14-11-8-2/h10,13,19,22,28,30,32-33,35-37,40,51,54,60-61H,7-9,11-12,14-18,20-21,23-27,29,31,34,38-39,41-50,52-53,55-59H2,1-6H3,(H-,64,66,68,69)/p+1/b13-10-,22-19-,30-28-,33-32-,36-35-,40-37-,54-51-. The lowest BCUT2D eigenvalue weighted by Gasteiger charge is -2.27. The Morgan fingerprint density at radius 3 is 1.34 bits per heavy atom. The average molecular weight is 1040 g/mol. The van der Waals surface area contributed by atoms with E-state index in [0.717, 1.165) is 116 Å². The van der Waals surface area contributed by atoms with Gasteiger partial charge in [0.15, 0.2) is 0 Å². The molecule has 0 fully saturated rings. The van der Waals surface area contributed by atoms with E-state index in [-0.39, 0.29) is 31.5 Å². The van der Waals surface area contributed by atoms with E-state index in [0.29, 0.717) is 23.9 Å². The van der Waals surface area contributed by atoms with E-state index in [2.05, 4.69) is 99.0 Å². The van der Waals surface area contributed by atoms with Crippen molar-refractivity contribution in [3.05, 3.63) is 85.1 Å². The monoisotopic (exact) mass is 1040 g/mol. The Morgan fingerprint density at radius 1 is 0.493 bits per heavy atom. The number of nitrogens with zero attached hydrogens (tertiary/aromatic N) is 1. The Balaban J connectivity index is 5.34. The van der Waals surface area contributed by atoms with E-state index in [9.17, 15) is 19.0 Å². The van der Waals surface area contributed by atoms with E-state index >= 15 is 0 Å². The number of esters is 1. The molecule has 0 radical (unpaired) electrons. The molecule has 422 valence electrons. The number of phosphoric acid groups is 1. The molecule has 0 bridgehead atoms. The van der Waals surface area contributed by atoms with Crippen LogP contribution in [0.5, 0.6) is 0 Å². The van der Waals surface area contributed by atoms with E-state index in [1.54, 1.807) is 0 Å². The first-order valence-corrected chi connectivity index (χ1v) is 31.4. The molecule has 10 heteroatoms. The molecule has 0 aromatic heterocycles. The second-order valence-electron chi connectivity index (χ2n) is 21.1. The third kappa shape index (κ3) is 53.8. The van der Waals surface area contributed by atoms with Crippen LogP contribution in [0.3, 0.4) is 0 Å². The molecule has 0 aromatic carbocycles. The van der Waals surface area contributed by atoms with Crippen LogP contribution in [0, 0.1) is 0 Å².